The maximum Gasteiger partial charge on any atom is 0.275 e. The second-order valence-electron chi connectivity index (χ2n) is 5.95. The zero-order chi connectivity index (χ0) is 20.0. The molecule has 2 rings (SSSR count). The highest BCUT2D eigenvalue weighted by Gasteiger charge is 2.36. The highest BCUT2D eigenvalue weighted by Crippen LogP contribution is 2.23. The summed E-state index contributed by atoms with van der Waals surface area (Å²) in [6, 6.07) is 6.76. The summed E-state index contributed by atoms with van der Waals surface area (Å²) in [6.45, 7) is 2.43. The molecule has 0 saturated carbocycles. The summed E-state index contributed by atoms with van der Waals surface area (Å²) in [5.41, 5.74) is 12.0. The van der Waals surface area contributed by atoms with Gasteiger partial charge >= 0.3 is 0 Å². The van der Waals surface area contributed by atoms with Gasteiger partial charge in [-0.25, -0.2) is 0 Å². The number of rotatable bonds is 6. The van der Waals surface area contributed by atoms with Crippen molar-refractivity contribution in [3.8, 4) is 0 Å². The number of nitrogens with zero attached hydrogens (tertiary/aromatic N) is 3. The maximum absolute atomic E-state index is 12.5. The average Bonchev–Trinajstić information content (AvgIpc) is 2.65. The standard InChI is InChI=1S/C17H24ClN7O2/c1-2-3-8-22-17(21)24-16(27)12-14(19)25(15(20)13(18)23-12)11-6-4-10(9-26)5-7-11/h4-7,13-14,20,26H,2-3,8-9,19H2,1H3,(H3,21,22,24,27). The summed E-state index contributed by atoms with van der Waals surface area (Å²) in [5.74, 6) is -0.689. The van der Waals surface area contributed by atoms with Gasteiger partial charge in [-0.1, -0.05) is 37.1 Å². The van der Waals surface area contributed by atoms with E-state index in [0.717, 1.165) is 12.8 Å². The quantitative estimate of drug-likeness (QED) is 0.156. The Morgan fingerprint density at radius 1 is 1.44 bits per heavy atom. The van der Waals surface area contributed by atoms with Crippen molar-refractivity contribution in [3.05, 3.63) is 29.8 Å². The van der Waals surface area contributed by atoms with E-state index in [0.29, 0.717) is 17.8 Å². The highest BCUT2D eigenvalue weighted by molar-refractivity contribution is 6.47. The highest BCUT2D eigenvalue weighted by atomic mass is 35.5. The summed E-state index contributed by atoms with van der Waals surface area (Å²) < 4.78 is 0. The Hall–Kier alpha value is -2.49. The molecule has 1 heterocycles. The van der Waals surface area contributed by atoms with Crippen LogP contribution in [0.3, 0.4) is 0 Å². The molecule has 10 heteroatoms. The van der Waals surface area contributed by atoms with Crippen molar-refractivity contribution in [2.45, 2.75) is 38.0 Å². The molecular formula is C17H24ClN7O2. The lowest BCUT2D eigenvalue weighted by Crippen LogP contribution is -2.61. The molecule has 0 spiro atoms. The lowest BCUT2D eigenvalue weighted by molar-refractivity contribution is -0.113. The monoisotopic (exact) mass is 393 g/mol. The molecule has 1 aliphatic heterocycles. The summed E-state index contributed by atoms with van der Waals surface area (Å²) in [6.07, 6.45) is 0.800. The molecular weight excluding hydrogens is 370 g/mol. The zero-order valence-electron chi connectivity index (χ0n) is 15.0. The molecule has 1 aromatic rings. The number of hydrogen-bond donors (Lipinski definition) is 5. The van der Waals surface area contributed by atoms with E-state index < -0.39 is 17.6 Å². The van der Waals surface area contributed by atoms with Gasteiger partial charge in [0.15, 0.2) is 11.5 Å². The Labute approximate surface area is 162 Å². The van der Waals surface area contributed by atoms with Crippen LogP contribution < -0.4 is 21.7 Å². The second kappa shape index (κ2) is 9.45. The number of aliphatic hydroxyl groups is 1. The number of carbonyl (C=O) groups is 1. The Balaban J connectivity index is 2.21. The van der Waals surface area contributed by atoms with Crippen molar-refractivity contribution in [1.29, 1.82) is 5.41 Å². The lowest BCUT2D eigenvalue weighted by atomic mass is 10.1. The van der Waals surface area contributed by atoms with E-state index in [9.17, 15) is 4.79 Å². The minimum absolute atomic E-state index is 0.0195. The number of aliphatic imine (C=N–C) groups is 2. The SMILES string of the molecule is CCCCN=C(N)NC(=O)C1=NC(Cl)C(=N)N(c2ccc(CO)cc2)C1N. The molecule has 1 aromatic carbocycles. The number of hydrogen-bond acceptors (Lipinski definition) is 6. The largest absolute Gasteiger partial charge is 0.392 e. The maximum atomic E-state index is 12.5. The fourth-order valence-electron chi connectivity index (χ4n) is 2.48. The van der Waals surface area contributed by atoms with Gasteiger partial charge in [-0.3, -0.25) is 25.5 Å². The number of carbonyl (C=O) groups excluding carboxylic acids is 1. The molecule has 0 aromatic heterocycles. The van der Waals surface area contributed by atoms with E-state index in [1.807, 2.05) is 6.92 Å². The van der Waals surface area contributed by atoms with Gasteiger partial charge < -0.3 is 21.5 Å². The van der Waals surface area contributed by atoms with Gasteiger partial charge in [-0.2, -0.15) is 0 Å². The van der Waals surface area contributed by atoms with Gasteiger partial charge in [-0.05, 0) is 24.1 Å². The van der Waals surface area contributed by atoms with Gasteiger partial charge in [-0.15, -0.1) is 0 Å². The third kappa shape index (κ3) is 5.03. The number of guanidine groups is 1. The fourth-order valence-corrected chi connectivity index (χ4v) is 2.69. The summed E-state index contributed by atoms with van der Waals surface area (Å²) in [4.78, 5) is 22.0. The number of benzene rings is 1. The molecule has 0 aliphatic carbocycles. The smallest absolute Gasteiger partial charge is 0.275 e. The molecule has 0 saturated heterocycles. The number of halogens is 1. The van der Waals surface area contributed by atoms with E-state index >= 15 is 0 Å². The third-order valence-electron chi connectivity index (χ3n) is 3.96. The van der Waals surface area contributed by atoms with E-state index in [1.165, 1.54) is 4.90 Å². The number of amidine groups is 1. The fraction of sp³-hybridized carbons (Fsp3) is 0.412. The topological polar surface area (TPSA) is 153 Å². The number of aliphatic hydroxyl groups excluding tert-OH is 1. The predicted molar refractivity (Wildman–Crippen MR) is 107 cm³/mol. The molecule has 146 valence electrons. The molecule has 9 nitrogen and oxygen atoms in total. The van der Waals surface area contributed by atoms with E-state index in [4.69, 9.17) is 33.6 Å². The Kier molecular flexibility index (Phi) is 7.28. The number of unbranched alkanes of at least 4 members (excludes halogenated alkanes) is 1. The van der Waals surface area contributed by atoms with Crippen LogP contribution in [-0.4, -0.2) is 46.7 Å². The normalized spacial score (nSPS) is 20.4. The van der Waals surface area contributed by atoms with E-state index in [2.05, 4.69) is 15.3 Å². The van der Waals surface area contributed by atoms with Crippen molar-refractivity contribution in [2.24, 2.45) is 21.5 Å². The van der Waals surface area contributed by atoms with Gasteiger partial charge in [0.1, 0.15) is 17.7 Å². The lowest BCUT2D eigenvalue weighted by Gasteiger charge is -2.36. The molecule has 2 atom stereocenters. The van der Waals surface area contributed by atoms with Gasteiger partial charge in [0, 0.05) is 12.2 Å². The van der Waals surface area contributed by atoms with Crippen LogP contribution in [0.1, 0.15) is 25.3 Å². The zero-order valence-corrected chi connectivity index (χ0v) is 15.8. The van der Waals surface area contributed by atoms with Crippen LogP contribution in [0.25, 0.3) is 0 Å². The van der Waals surface area contributed by atoms with Crippen LogP contribution in [0.2, 0.25) is 0 Å². The molecule has 0 radical (unpaired) electrons. The minimum atomic E-state index is -1.07. The molecule has 1 aliphatic rings. The first kappa shape index (κ1) is 20.8. The van der Waals surface area contributed by atoms with Crippen molar-refractivity contribution in [1.82, 2.24) is 5.32 Å². The van der Waals surface area contributed by atoms with Crippen molar-refractivity contribution < 1.29 is 9.90 Å². The molecule has 2 unspecified atom stereocenters. The number of alkyl halides is 1. The molecule has 0 bridgehead atoms. The molecule has 27 heavy (non-hydrogen) atoms. The number of amides is 1. The molecule has 1 amide bonds. The summed E-state index contributed by atoms with van der Waals surface area (Å²) in [7, 11) is 0. The third-order valence-corrected chi connectivity index (χ3v) is 4.27. The van der Waals surface area contributed by atoms with Gasteiger partial charge in [0.05, 0.1) is 6.61 Å². The van der Waals surface area contributed by atoms with Crippen LogP contribution >= 0.6 is 11.6 Å². The van der Waals surface area contributed by atoms with Crippen molar-refractivity contribution >= 4 is 40.7 Å². The molecule has 7 N–H and O–H groups in total. The number of nitrogens with two attached hydrogens (primary N) is 2. The van der Waals surface area contributed by atoms with Crippen molar-refractivity contribution in [3.63, 3.8) is 0 Å². The number of anilines is 1. The van der Waals surface area contributed by atoms with E-state index in [-0.39, 0.29) is 24.1 Å². The second-order valence-corrected chi connectivity index (χ2v) is 6.36. The van der Waals surface area contributed by atoms with Crippen LogP contribution in [0.4, 0.5) is 5.69 Å². The summed E-state index contributed by atoms with van der Waals surface area (Å²) >= 11 is 6.12. The van der Waals surface area contributed by atoms with Crippen LogP contribution in [0.15, 0.2) is 34.3 Å². The average molecular weight is 394 g/mol. The molecule has 0 fully saturated rings. The van der Waals surface area contributed by atoms with Crippen LogP contribution in [0, 0.1) is 5.41 Å². The Morgan fingerprint density at radius 2 is 2.11 bits per heavy atom. The summed E-state index contributed by atoms with van der Waals surface area (Å²) in [5, 5.41) is 19.8. The first-order valence-corrected chi connectivity index (χ1v) is 8.98. The van der Waals surface area contributed by atoms with E-state index in [1.54, 1.807) is 24.3 Å². The first-order valence-electron chi connectivity index (χ1n) is 8.55. The van der Waals surface area contributed by atoms with Crippen LogP contribution in [-0.2, 0) is 11.4 Å². The van der Waals surface area contributed by atoms with Crippen LogP contribution in [0.5, 0.6) is 0 Å². The predicted octanol–water partition coefficient (Wildman–Crippen LogP) is 0.498. The van der Waals surface area contributed by atoms with Crippen molar-refractivity contribution in [2.75, 3.05) is 11.4 Å². The minimum Gasteiger partial charge on any atom is -0.392 e. The Morgan fingerprint density at radius 3 is 2.70 bits per heavy atom. The first-order chi connectivity index (χ1) is 12.9. The number of nitrogens with one attached hydrogen (secondary N) is 2. The van der Waals surface area contributed by atoms with Gasteiger partial charge in [0.25, 0.3) is 5.91 Å². The Bertz CT molecular complexity index is 748. The van der Waals surface area contributed by atoms with Gasteiger partial charge in [0.2, 0.25) is 0 Å².